The van der Waals surface area contributed by atoms with E-state index >= 15 is 0 Å². The number of nitrogens with one attached hydrogen (secondary N) is 2. The van der Waals surface area contributed by atoms with Crippen molar-refractivity contribution in [2.45, 2.75) is 38.6 Å². The molecular weight excluding hydrogens is 242 g/mol. The second kappa shape index (κ2) is 5.13. The Morgan fingerprint density at radius 3 is 3.11 bits per heavy atom. The van der Waals surface area contributed by atoms with Crippen LogP contribution in [-0.4, -0.2) is 32.4 Å². The van der Waals surface area contributed by atoms with E-state index in [0.29, 0.717) is 11.7 Å². The molecule has 0 radical (unpaired) electrons. The van der Waals surface area contributed by atoms with Crippen molar-refractivity contribution in [1.29, 1.82) is 0 Å². The van der Waals surface area contributed by atoms with Gasteiger partial charge in [-0.15, -0.1) is 0 Å². The summed E-state index contributed by atoms with van der Waals surface area (Å²) in [5, 5.41) is 14.2. The highest BCUT2D eigenvalue weighted by atomic mass is 16.2. The Morgan fingerprint density at radius 1 is 1.53 bits per heavy atom. The topological polar surface area (TPSA) is 75.1 Å². The average Bonchev–Trinajstić information content (AvgIpc) is 3.20. The van der Waals surface area contributed by atoms with Gasteiger partial charge >= 0.3 is 5.69 Å². The number of aromatic nitrogens is 4. The largest absolute Gasteiger partial charge is 0.364 e. The summed E-state index contributed by atoms with van der Waals surface area (Å²) >= 11 is 0. The third-order valence-electron chi connectivity index (χ3n) is 3.61. The summed E-state index contributed by atoms with van der Waals surface area (Å²) < 4.78 is 1.33. The van der Waals surface area contributed by atoms with E-state index < -0.39 is 0 Å². The van der Waals surface area contributed by atoms with Crippen LogP contribution in [0.15, 0.2) is 16.9 Å². The zero-order valence-electron chi connectivity index (χ0n) is 11.1. The van der Waals surface area contributed by atoms with Gasteiger partial charge in [0.05, 0.1) is 5.69 Å². The predicted octanol–water partition coefficient (Wildman–Crippen LogP) is 0.738. The van der Waals surface area contributed by atoms with E-state index in [4.69, 9.17) is 0 Å². The van der Waals surface area contributed by atoms with Gasteiger partial charge in [-0.2, -0.15) is 14.7 Å². The Labute approximate surface area is 111 Å². The average molecular weight is 261 g/mol. The Morgan fingerprint density at radius 2 is 2.37 bits per heavy atom. The number of rotatable bonds is 6. The third-order valence-corrected chi connectivity index (χ3v) is 3.61. The summed E-state index contributed by atoms with van der Waals surface area (Å²) in [6.45, 7) is 3.21. The van der Waals surface area contributed by atoms with Gasteiger partial charge in [-0.05, 0) is 43.9 Å². The van der Waals surface area contributed by atoms with Crippen LogP contribution in [-0.2, 0) is 6.42 Å². The lowest BCUT2D eigenvalue weighted by molar-refractivity contribution is 0.454. The SMILES string of the molecule is CCCNC(Cc1ccc2n[nH]c(=O)n2n1)C1CC1. The first kappa shape index (κ1) is 12.3. The molecule has 2 heterocycles. The maximum Gasteiger partial charge on any atom is 0.364 e. The van der Waals surface area contributed by atoms with Crippen molar-refractivity contribution >= 4 is 5.65 Å². The molecule has 2 aromatic heterocycles. The van der Waals surface area contributed by atoms with Gasteiger partial charge in [0.15, 0.2) is 5.65 Å². The molecule has 0 amide bonds. The van der Waals surface area contributed by atoms with Gasteiger partial charge in [0.2, 0.25) is 0 Å². The van der Waals surface area contributed by atoms with Crippen molar-refractivity contribution in [3.05, 3.63) is 28.3 Å². The van der Waals surface area contributed by atoms with E-state index in [0.717, 1.165) is 31.0 Å². The Kier molecular flexibility index (Phi) is 3.33. The van der Waals surface area contributed by atoms with Crippen LogP contribution in [0.1, 0.15) is 31.9 Å². The van der Waals surface area contributed by atoms with Gasteiger partial charge in [0.1, 0.15) is 0 Å². The third kappa shape index (κ3) is 2.68. The lowest BCUT2D eigenvalue weighted by Crippen LogP contribution is -2.34. The smallest absolute Gasteiger partial charge is 0.313 e. The highest BCUT2D eigenvalue weighted by Crippen LogP contribution is 2.33. The Balaban J connectivity index is 1.78. The van der Waals surface area contributed by atoms with E-state index in [-0.39, 0.29) is 5.69 Å². The second-order valence-corrected chi connectivity index (χ2v) is 5.23. The van der Waals surface area contributed by atoms with Gasteiger partial charge in [-0.25, -0.2) is 9.89 Å². The van der Waals surface area contributed by atoms with Crippen LogP contribution in [0.3, 0.4) is 0 Å². The zero-order chi connectivity index (χ0) is 13.2. The fourth-order valence-electron chi connectivity index (χ4n) is 2.41. The quantitative estimate of drug-likeness (QED) is 0.804. The first-order valence-corrected chi connectivity index (χ1v) is 6.94. The number of aromatic amines is 1. The number of nitrogens with zero attached hydrogens (tertiary/aromatic N) is 3. The number of hydrogen-bond acceptors (Lipinski definition) is 4. The van der Waals surface area contributed by atoms with Crippen LogP contribution in [0.5, 0.6) is 0 Å². The highest BCUT2D eigenvalue weighted by molar-refractivity contribution is 5.34. The normalized spacial score (nSPS) is 16.9. The molecule has 1 atom stereocenters. The van der Waals surface area contributed by atoms with E-state index in [1.54, 1.807) is 0 Å². The van der Waals surface area contributed by atoms with Crippen molar-refractivity contribution in [3.8, 4) is 0 Å². The molecule has 2 N–H and O–H groups in total. The molecule has 2 aromatic rings. The van der Waals surface area contributed by atoms with Crippen molar-refractivity contribution < 1.29 is 0 Å². The molecule has 6 nitrogen and oxygen atoms in total. The van der Waals surface area contributed by atoms with Gasteiger partial charge in [0, 0.05) is 12.5 Å². The maximum atomic E-state index is 11.5. The minimum Gasteiger partial charge on any atom is -0.313 e. The molecule has 1 aliphatic rings. The molecule has 6 heteroatoms. The van der Waals surface area contributed by atoms with Gasteiger partial charge in [0.25, 0.3) is 0 Å². The zero-order valence-corrected chi connectivity index (χ0v) is 11.1. The van der Waals surface area contributed by atoms with Crippen LogP contribution >= 0.6 is 0 Å². The summed E-state index contributed by atoms with van der Waals surface area (Å²) in [6, 6.07) is 4.27. The predicted molar refractivity (Wildman–Crippen MR) is 72.1 cm³/mol. The molecule has 19 heavy (non-hydrogen) atoms. The van der Waals surface area contributed by atoms with Crippen molar-refractivity contribution in [2.75, 3.05) is 6.54 Å². The van der Waals surface area contributed by atoms with E-state index in [9.17, 15) is 4.79 Å². The molecule has 1 saturated carbocycles. The van der Waals surface area contributed by atoms with Crippen molar-refractivity contribution in [2.24, 2.45) is 5.92 Å². The minimum atomic E-state index is -0.277. The molecule has 1 unspecified atom stereocenters. The molecular formula is C13H19N5O. The number of hydrogen-bond donors (Lipinski definition) is 2. The van der Waals surface area contributed by atoms with Crippen LogP contribution in [0.4, 0.5) is 0 Å². The molecule has 3 rings (SSSR count). The van der Waals surface area contributed by atoms with Crippen LogP contribution in [0.25, 0.3) is 5.65 Å². The van der Waals surface area contributed by atoms with Crippen LogP contribution in [0, 0.1) is 5.92 Å². The maximum absolute atomic E-state index is 11.5. The van der Waals surface area contributed by atoms with Crippen molar-refractivity contribution in [3.63, 3.8) is 0 Å². The molecule has 0 aromatic carbocycles. The van der Waals surface area contributed by atoms with Gasteiger partial charge in [-0.3, -0.25) is 0 Å². The highest BCUT2D eigenvalue weighted by Gasteiger charge is 2.31. The summed E-state index contributed by atoms with van der Waals surface area (Å²) in [7, 11) is 0. The van der Waals surface area contributed by atoms with Crippen LogP contribution < -0.4 is 11.0 Å². The van der Waals surface area contributed by atoms with E-state index in [2.05, 4.69) is 27.5 Å². The number of H-pyrrole nitrogens is 1. The Bertz CT molecular complexity index is 613. The fourth-order valence-corrected chi connectivity index (χ4v) is 2.41. The Hall–Kier alpha value is -1.69. The summed E-state index contributed by atoms with van der Waals surface area (Å²) in [4.78, 5) is 11.5. The van der Waals surface area contributed by atoms with Crippen LogP contribution in [0.2, 0.25) is 0 Å². The molecule has 0 aliphatic heterocycles. The molecule has 0 bridgehead atoms. The standard InChI is InChI=1S/C13H19N5O/c1-2-7-14-11(9-3-4-9)8-10-5-6-12-15-16-13(19)18(12)17-10/h5-6,9,11,14H,2-4,7-8H2,1H3,(H,16,19). The summed E-state index contributed by atoms with van der Waals surface area (Å²) in [6.07, 6.45) is 4.61. The number of fused-ring (bicyclic) bond motifs is 1. The van der Waals surface area contributed by atoms with Crippen molar-refractivity contribution in [1.82, 2.24) is 25.1 Å². The first-order valence-electron chi connectivity index (χ1n) is 6.94. The fraction of sp³-hybridized carbons (Fsp3) is 0.615. The molecule has 0 spiro atoms. The summed E-state index contributed by atoms with van der Waals surface area (Å²) in [5.74, 6) is 0.769. The lowest BCUT2D eigenvalue weighted by atomic mass is 10.1. The molecule has 0 saturated heterocycles. The summed E-state index contributed by atoms with van der Waals surface area (Å²) in [5.41, 5.74) is 1.23. The van der Waals surface area contributed by atoms with E-state index in [1.165, 1.54) is 17.4 Å². The van der Waals surface area contributed by atoms with E-state index in [1.807, 2.05) is 12.1 Å². The molecule has 1 aliphatic carbocycles. The van der Waals surface area contributed by atoms with Gasteiger partial charge < -0.3 is 5.32 Å². The lowest BCUT2D eigenvalue weighted by Gasteiger charge is -2.17. The monoisotopic (exact) mass is 261 g/mol. The second-order valence-electron chi connectivity index (χ2n) is 5.23. The molecule has 102 valence electrons. The minimum absolute atomic E-state index is 0.277. The van der Waals surface area contributed by atoms with Gasteiger partial charge in [-0.1, -0.05) is 6.92 Å². The molecule has 1 fully saturated rings. The first-order chi connectivity index (χ1) is 9.28.